The molecule has 0 saturated carbocycles. The van der Waals surface area contributed by atoms with Crippen molar-refractivity contribution >= 4 is 9.84 Å². The first-order valence-electron chi connectivity index (χ1n) is 3.02. The van der Waals surface area contributed by atoms with Crippen molar-refractivity contribution in [1.29, 1.82) is 0 Å². The molecule has 0 aromatic rings. The van der Waals surface area contributed by atoms with E-state index in [2.05, 4.69) is 0 Å². The number of halogens is 1. The van der Waals surface area contributed by atoms with E-state index < -0.39 is 27.5 Å². The molecule has 0 spiro atoms. The molecule has 0 heterocycles. The number of rotatable bonds is 4. The van der Waals surface area contributed by atoms with E-state index >= 15 is 0 Å². The maximum absolute atomic E-state index is 11.6. The first-order valence-corrected chi connectivity index (χ1v) is 4.73. The van der Waals surface area contributed by atoms with Crippen LogP contribution in [-0.4, -0.2) is 32.6 Å². The van der Waals surface area contributed by atoms with Crippen LogP contribution in [0.3, 0.4) is 0 Å². The quantitative estimate of drug-likeness (QED) is 0.629. The fourth-order valence-electron chi connectivity index (χ4n) is 0.455. The largest absolute Gasteiger partial charge is 0.329 e. The second kappa shape index (κ2) is 3.88. The van der Waals surface area contributed by atoms with Crippen molar-refractivity contribution in [2.24, 2.45) is 5.73 Å². The highest BCUT2D eigenvalue weighted by atomic mass is 32.2. The fraction of sp³-hybridized carbons (Fsp3) is 1.00. The Morgan fingerprint density at radius 3 is 2.40 bits per heavy atom. The van der Waals surface area contributed by atoms with Crippen molar-refractivity contribution in [2.45, 2.75) is 12.2 Å². The molecule has 0 fully saturated rings. The Balaban J connectivity index is 4.12. The zero-order valence-corrected chi connectivity index (χ0v) is 6.70. The molecular formula is C5H12FNO2S. The van der Waals surface area contributed by atoms with Crippen LogP contribution >= 0.6 is 0 Å². The van der Waals surface area contributed by atoms with Crippen molar-refractivity contribution in [3.8, 4) is 0 Å². The zero-order valence-electron chi connectivity index (χ0n) is 5.88. The highest BCUT2D eigenvalue weighted by Crippen LogP contribution is 1.99. The van der Waals surface area contributed by atoms with Gasteiger partial charge in [0.25, 0.3) is 0 Å². The smallest absolute Gasteiger partial charge is 0.156 e. The summed E-state index contributed by atoms with van der Waals surface area (Å²) in [5, 5.41) is -0.622. The van der Waals surface area contributed by atoms with Gasteiger partial charge in [0, 0.05) is 6.54 Å². The topological polar surface area (TPSA) is 60.2 Å². The van der Waals surface area contributed by atoms with Gasteiger partial charge in [0.2, 0.25) is 0 Å². The van der Waals surface area contributed by atoms with Gasteiger partial charge in [0.15, 0.2) is 9.84 Å². The average molecular weight is 169 g/mol. The van der Waals surface area contributed by atoms with E-state index in [1.54, 1.807) is 0 Å². The van der Waals surface area contributed by atoms with Gasteiger partial charge in [-0.2, -0.15) is 0 Å². The summed E-state index contributed by atoms with van der Waals surface area (Å²) in [6, 6.07) is 0. The molecule has 5 heteroatoms. The SMILES string of the molecule is CC(CN)S(=O)(=O)CCF. The zero-order chi connectivity index (χ0) is 8.20. The highest BCUT2D eigenvalue weighted by Gasteiger charge is 2.17. The molecule has 2 N–H and O–H groups in total. The molecule has 0 aliphatic carbocycles. The Morgan fingerprint density at radius 1 is 1.60 bits per heavy atom. The summed E-state index contributed by atoms with van der Waals surface area (Å²) < 4.78 is 33.2. The third-order valence-electron chi connectivity index (χ3n) is 1.31. The lowest BCUT2D eigenvalue weighted by atomic mass is 10.5. The molecule has 62 valence electrons. The van der Waals surface area contributed by atoms with Crippen LogP contribution in [0.1, 0.15) is 6.92 Å². The summed E-state index contributed by atoms with van der Waals surface area (Å²) in [5.41, 5.74) is 5.09. The van der Waals surface area contributed by atoms with Crippen molar-refractivity contribution in [1.82, 2.24) is 0 Å². The van der Waals surface area contributed by atoms with E-state index in [0.717, 1.165) is 0 Å². The minimum absolute atomic E-state index is 0.0579. The molecule has 0 saturated heterocycles. The van der Waals surface area contributed by atoms with Gasteiger partial charge in [-0.15, -0.1) is 0 Å². The Labute approximate surface area is 60.3 Å². The molecule has 0 amide bonds. The van der Waals surface area contributed by atoms with Crippen LogP contribution in [0.15, 0.2) is 0 Å². The maximum Gasteiger partial charge on any atom is 0.156 e. The van der Waals surface area contributed by atoms with Crippen LogP contribution in [0.4, 0.5) is 4.39 Å². The average Bonchev–Trinajstić information content (AvgIpc) is 1.86. The Kier molecular flexibility index (Phi) is 3.81. The third kappa shape index (κ3) is 2.62. The van der Waals surface area contributed by atoms with Crippen molar-refractivity contribution in [3.63, 3.8) is 0 Å². The Morgan fingerprint density at radius 2 is 2.10 bits per heavy atom. The molecule has 1 unspecified atom stereocenters. The number of nitrogens with two attached hydrogens (primary N) is 1. The molecule has 0 rings (SSSR count). The normalized spacial score (nSPS) is 15.1. The number of hydrogen-bond acceptors (Lipinski definition) is 3. The summed E-state index contributed by atoms with van der Waals surface area (Å²) in [7, 11) is -3.26. The van der Waals surface area contributed by atoms with Gasteiger partial charge in [-0.3, -0.25) is 0 Å². The molecule has 0 bridgehead atoms. The summed E-state index contributed by atoms with van der Waals surface area (Å²) in [4.78, 5) is 0. The molecule has 0 aliphatic heterocycles. The van der Waals surface area contributed by atoms with Gasteiger partial charge in [0.1, 0.15) is 6.67 Å². The lowest BCUT2D eigenvalue weighted by molar-refractivity contribution is 0.514. The highest BCUT2D eigenvalue weighted by molar-refractivity contribution is 7.92. The molecule has 10 heavy (non-hydrogen) atoms. The Bertz CT molecular complexity index is 178. The second-order valence-corrected chi connectivity index (χ2v) is 4.64. The summed E-state index contributed by atoms with van der Waals surface area (Å²) in [6.07, 6.45) is 0. The van der Waals surface area contributed by atoms with Crippen LogP contribution in [0.2, 0.25) is 0 Å². The molecule has 0 aliphatic rings. The van der Waals surface area contributed by atoms with Crippen LogP contribution in [0.5, 0.6) is 0 Å². The van der Waals surface area contributed by atoms with Gasteiger partial charge in [-0.1, -0.05) is 0 Å². The second-order valence-electron chi connectivity index (χ2n) is 2.10. The van der Waals surface area contributed by atoms with Gasteiger partial charge in [-0.05, 0) is 6.92 Å². The minimum Gasteiger partial charge on any atom is -0.329 e. The van der Waals surface area contributed by atoms with Crippen molar-refractivity contribution < 1.29 is 12.8 Å². The van der Waals surface area contributed by atoms with Gasteiger partial charge < -0.3 is 5.73 Å². The maximum atomic E-state index is 11.6. The first-order chi connectivity index (χ1) is 4.54. The molecule has 1 atom stereocenters. The van der Waals surface area contributed by atoms with Crippen LogP contribution < -0.4 is 5.73 Å². The lowest BCUT2D eigenvalue weighted by Crippen LogP contribution is -2.29. The van der Waals surface area contributed by atoms with Crippen LogP contribution in [-0.2, 0) is 9.84 Å². The molecule has 0 radical (unpaired) electrons. The molecule has 0 aromatic carbocycles. The predicted octanol–water partition coefficient (Wildman–Crippen LogP) is -0.282. The molecular weight excluding hydrogens is 157 g/mol. The number of sulfone groups is 1. The summed E-state index contributed by atoms with van der Waals surface area (Å²) in [5.74, 6) is -0.411. The van der Waals surface area contributed by atoms with E-state index in [4.69, 9.17) is 5.73 Å². The summed E-state index contributed by atoms with van der Waals surface area (Å²) in [6.45, 7) is 0.708. The lowest BCUT2D eigenvalue weighted by Gasteiger charge is -2.07. The fourth-order valence-corrected chi connectivity index (χ4v) is 1.37. The van der Waals surface area contributed by atoms with Gasteiger partial charge in [-0.25, -0.2) is 12.8 Å². The minimum atomic E-state index is -3.26. The molecule has 0 aromatic heterocycles. The van der Waals surface area contributed by atoms with E-state index in [-0.39, 0.29) is 6.54 Å². The van der Waals surface area contributed by atoms with E-state index in [0.29, 0.717) is 0 Å². The van der Waals surface area contributed by atoms with E-state index in [9.17, 15) is 12.8 Å². The van der Waals surface area contributed by atoms with Crippen molar-refractivity contribution in [3.05, 3.63) is 0 Å². The Hall–Kier alpha value is -0.160. The predicted molar refractivity (Wildman–Crippen MR) is 38.3 cm³/mol. The number of hydrogen-bond donors (Lipinski definition) is 1. The third-order valence-corrected chi connectivity index (χ3v) is 3.45. The van der Waals surface area contributed by atoms with E-state index in [1.807, 2.05) is 0 Å². The first kappa shape index (κ1) is 9.84. The van der Waals surface area contributed by atoms with Gasteiger partial charge >= 0.3 is 0 Å². The molecule has 3 nitrogen and oxygen atoms in total. The summed E-state index contributed by atoms with van der Waals surface area (Å²) >= 11 is 0. The van der Waals surface area contributed by atoms with Crippen LogP contribution in [0, 0.1) is 0 Å². The number of alkyl halides is 1. The van der Waals surface area contributed by atoms with Crippen LogP contribution in [0.25, 0.3) is 0 Å². The standard InChI is InChI=1S/C5H12FNO2S/c1-5(4-7)10(8,9)3-2-6/h5H,2-4,7H2,1H3. The van der Waals surface area contributed by atoms with Crippen molar-refractivity contribution in [2.75, 3.05) is 19.0 Å². The van der Waals surface area contributed by atoms with Gasteiger partial charge in [0.05, 0.1) is 11.0 Å². The van der Waals surface area contributed by atoms with E-state index in [1.165, 1.54) is 6.92 Å². The monoisotopic (exact) mass is 169 g/mol.